The lowest BCUT2D eigenvalue weighted by Gasteiger charge is -2.10. The van der Waals surface area contributed by atoms with E-state index in [1.165, 1.54) is 6.04 Å². The van der Waals surface area contributed by atoms with Gasteiger partial charge in [0.15, 0.2) is 0 Å². The zero-order valence-electron chi connectivity index (χ0n) is 7.52. The quantitative estimate of drug-likeness (QED) is 0.431. The molecule has 0 spiro atoms. The van der Waals surface area contributed by atoms with Crippen molar-refractivity contribution in [2.75, 3.05) is 0 Å². The van der Waals surface area contributed by atoms with Gasteiger partial charge in [-0.3, -0.25) is 0 Å². The molecule has 0 heterocycles. The summed E-state index contributed by atoms with van der Waals surface area (Å²) < 4.78 is 0. The lowest BCUT2D eigenvalue weighted by Crippen LogP contribution is -2.17. The Balaban J connectivity index is 3.54. The molecule has 0 fully saturated rings. The minimum absolute atomic E-state index is 0.828. The van der Waals surface area contributed by atoms with Crippen molar-refractivity contribution in [3.8, 4) is 0 Å². The van der Waals surface area contributed by atoms with Gasteiger partial charge in [0.1, 0.15) is 0 Å². The summed E-state index contributed by atoms with van der Waals surface area (Å²) in [5.41, 5.74) is 0. The van der Waals surface area contributed by atoms with Gasteiger partial charge in [0, 0.05) is 8.07 Å². The van der Waals surface area contributed by atoms with Crippen LogP contribution in [-0.4, -0.2) is 8.07 Å². The molecule has 0 aliphatic rings. The van der Waals surface area contributed by atoms with Gasteiger partial charge in [0.05, 0.1) is 0 Å². The summed E-state index contributed by atoms with van der Waals surface area (Å²) in [6.45, 7) is 9.19. The van der Waals surface area contributed by atoms with Crippen molar-refractivity contribution >= 4 is 8.07 Å². The average Bonchev–Trinajstić information content (AvgIpc) is 1.78. The van der Waals surface area contributed by atoms with Gasteiger partial charge in [-0.2, -0.15) is 0 Å². The minimum Gasteiger partial charge on any atom is -0.0877 e. The van der Waals surface area contributed by atoms with Gasteiger partial charge in [0.2, 0.25) is 0 Å². The molecule has 0 aliphatic carbocycles. The summed E-state index contributed by atoms with van der Waals surface area (Å²) in [6, 6.07) is 1.29. The normalized spacial score (nSPS) is 13.6. The lowest BCUT2D eigenvalue weighted by atomic mass is 10.5. The highest BCUT2D eigenvalue weighted by atomic mass is 28.3. The van der Waals surface area contributed by atoms with Gasteiger partial charge in [-0.05, 0) is 13.0 Å². The van der Waals surface area contributed by atoms with Crippen molar-refractivity contribution in [1.29, 1.82) is 0 Å². The molecule has 0 saturated heterocycles. The Morgan fingerprint density at radius 1 is 1.10 bits per heavy atom. The highest BCUT2D eigenvalue weighted by molar-refractivity contribution is 6.76. The van der Waals surface area contributed by atoms with Crippen LogP contribution in [0.15, 0.2) is 24.3 Å². The van der Waals surface area contributed by atoms with Gasteiger partial charge in [-0.25, -0.2) is 0 Å². The van der Waals surface area contributed by atoms with E-state index in [1.54, 1.807) is 0 Å². The van der Waals surface area contributed by atoms with E-state index in [2.05, 4.69) is 43.9 Å². The summed E-state index contributed by atoms with van der Waals surface area (Å²) in [5, 5.41) is 0. The molecule has 0 amide bonds. The fourth-order valence-electron chi connectivity index (χ4n) is 0.611. The Morgan fingerprint density at radius 3 is 2.10 bits per heavy atom. The molecule has 0 aromatic rings. The van der Waals surface area contributed by atoms with E-state index < -0.39 is 8.07 Å². The van der Waals surface area contributed by atoms with Crippen LogP contribution in [0.25, 0.3) is 0 Å². The van der Waals surface area contributed by atoms with E-state index in [0.29, 0.717) is 0 Å². The molecule has 0 radical (unpaired) electrons. The third kappa shape index (κ3) is 7.70. The lowest BCUT2D eigenvalue weighted by molar-refractivity contribution is 1.51. The molecule has 0 unspecified atom stereocenters. The Bertz CT molecular complexity index is 126. The van der Waals surface area contributed by atoms with E-state index in [0.717, 1.165) is 0 Å². The fourth-order valence-corrected chi connectivity index (χ4v) is 1.45. The van der Waals surface area contributed by atoms with Gasteiger partial charge >= 0.3 is 0 Å². The SMILES string of the molecule is C/C=C/C=C/C[Si](C)(C)C. The number of hydrogen-bond acceptors (Lipinski definition) is 0. The first-order chi connectivity index (χ1) is 4.56. The van der Waals surface area contributed by atoms with E-state index in [4.69, 9.17) is 0 Å². The second-order valence-electron chi connectivity index (χ2n) is 3.72. The third-order valence-corrected chi connectivity index (χ3v) is 2.63. The monoisotopic (exact) mass is 154 g/mol. The van der Waals surface area contributed by atoms with Crippen LogP contribution in [0.4, 0.5) is 0 Å². The molecule has 0 N–H and O–H groups in total. The predicted molar refractivity (Wildman–Crippen MR) is 52.1 cm³/mol. The van der Waals surface area contributed by atoms with Crippen LogP contribution >= 0.6 is 0 Å². The molecule has 0 rings (SSSR count). The number of rotatable bonds is 3. The molecule has 0 aromatic carbocycles. The maximum absolute atomic E-state index is 2.38. The minimum atomic E-state index is -0.828. The van der Waals surface area contributed by atoms with Crippen LogP contribution < -0.4 is 0 Å². The van der Waals surface area contributed by atoms with Crippen LogP contribution in [0.5, 0.6) is 0 Å². The highest BCUT2D eigenvalue weighted by Gasteiger charge is 2.08. The largest absolute Gasteiger partial charge is 0.0877 e. The second kappa shape index (κ2) is 4.50. The first kappa shape index (κ1) is 9.70. The topological polar surface area (TPSA) is 0 Å². The van der Waals surface area contributed by atoms with Crippen LogP contribution in [0, 0.1) is 0 Å². The molecule has 0 aromatic heterocycles. The highest BCUT2D eigenvalue weighted by Crippen LogP contribution is 2.07. The molecule has 1 heteroatoms. The standard InChI is InChI=1S/C9H18Si/c1-5-6-7-8-9-10(2,3)4/h5-8H,9H2,1-4H3/b6-5+,8-7+. The maximum Gasteiger partial charge on any atom is 0.0480 e. The van der Waals surface area contributed by atoms with Crippen molar-refractivity contribution in [2.24, 2.45) is 0 Å². The van der Waals surface area contributed by atoms with Crippen LogP contribution in [0.3, 0.4) is 0 Å². The van der Waals surface area contributed by atoms with E-state index >= 15 is 0 Å². The molecule has 0 aliphatic heterocycles. The maximum atomic E-state index is 2.38. The molecule has 58 valence electrons. The van der Waals surface area contributed by atoms with Crippen molar-refractivity contribution in [3.63, 3.8) is 0 Å². The van der Waals surface area contributed by atoms with Crippen LogP contribution in [0.1, 0.15) is 6.92 Å². The second-order valence-corrected chi connectivity index (χ2v) is 9.25. The van der Waals surface area contributed by atoms with Crippen molar-refractivity contribution in [1.82, 2.24) is 0 Å². The van der Waals surface area contributed by atoms with E-state index in [1.807, 2.05) is 6.92 Å². The fraction of sp³-hybridized carbons (Fsp3) is 0.556. The van der Waals surface area contributed by atoms with Crippen LogP contribution in [0.2, 0.25) is 25.7 Å². The predicted octanol–water partition coefficient (Wildman–Crippen LogP) is 3.46. The van der Waals surface area contributed by atoms with E-state index in [-0.39, 0.29) is 0 Å². The molecule has 0 nitrogen and oxygen atoms in total. The molecular formula is C9H18Si. The average molecular weight is 154 g/mol. The van der Waals surface area contributed by atoms with Gasteiger partial charge in [-0.1, -0.05) is 43.9 Å². The zero-order valence-corrected chi connectivity index (χ0v) is 8.52. The summed E-state index contributed by atoms with van der Waals surface area (Å²) in [6.07, 6.45) is 8.55. The summed E-state index contributed by atoms with van der Waals surface area (Å²) in [5.74, 6) is 0. The van der Waals surface area contributed by atoms with Gasteiger partial charge in [-0.15, -0.1) is 0 Å². The molecule has 0 bridgehead atoms. The van der Waals surface area contributed by atoms with Gasteiger partial charge in [0.25, 0.3) is 0 Å². The van der Waals surface area contributed by atoms with Crippen LogP contribution in [-0.2, 0) is 0 Å². The Labute approximate surface area is 65.7 Å². The van der Waals surface area contributed by atoms with Gasteiger partial charge < -0.3 is 0 Å². The molecule has 0 atom stereocenters. The number of allylic oxidation sites excluding steroid dienone is 4. The third-order valence-electron chi connectivity index (χ3n) is 1.17. The Morgan fingerprint density at radius 2 is 1.70 bits per heavy atom. The summed E-state index contributed by atoms with van der Waals surface area (Å²) >= 11 is 0. The Kier molecular flexibility index (Phi) is 4.37. The summed E-state index contributed by atoms with van der Waals surface area (Å²) in [4.78, 5) is 0. The smallest absolute Gasteiger partial charge is 0.0480 e. The first-order valence-electron chi connectivity index (χ1n) is 3.84. The van der Waals surface area contributed by atoms with E-state index in [9.17, 15) is 0 Å². The zero-order chi connectivity index (χ0) is 8.04. The first-order valence-corrected chi connectivity index (χ1v) is 7.55. The molecule has 0 saturated carbocycles. The molecule has 10 heavy (non-hydrogen) atoms. The van der Waals surface area contributed by atoms with Crippen molar-refractivity contribution < 1.29 is 0 Å². The van der Waals surface area contributed by atoms with Crippen molar-refractivity contribution in [2.45, 2.75) is 32.6 Å². The molecular weight excluding hydrogens is 136 g/mol. The summed E-state index contributed by atoms with van der Waals surface area (Å²) in [7, 11) is -0.828. The Hall–Kier alpha value is -0.303. The van der Waals surface area contributed by atoms with Crippen molar-refractivity contribution in [3.05, 3.63) is 24.3 Å². The number of hydrogen-bond donors (Lipinski definition) is 0.